The van der Waals surface area contributed by atoms with Crippen LogP contribution in [0.2, 0.25) is 0 Å². The van der Waals surface area contributed by atoms with Gasteiger partial charge in [-0.05, 0) is 42.4 Å². The van der Waals surface area contributed by atoms with Gasteiger partial charge in [0.25, 0.3) is 0 Å². The largest absolute Gasteiger partial charge is 0.147 e. The summed E-state index contributed by atoms with van der Waals surface area (Å²) in [5.74, 6) is 0. The molecule has 148 valence electrons. The van der Waals surface area contributed by atoms with Crippen molar-refractivity contribution in [3.63, 3.8) is 0 Å². The van der Waals surface area contributed by atoms with Crippen LogP contribution >= 0.6 is 11.3 Å². The van der Waals surface area contributed by atoms with E-state index in [9.17, 15) is 0 Å². The van der Waals surface area contributed by atoms with Gasteiger partial charge in [-0.15, -0.1) is 10.2 Å². The van der Waals surface area contributed by atoms with E-state index in [0.29, 0.717) is 0 Å². The Balaban J connectivity index is 1.49. The average molecular weight is 393 g/mol. The highest BCUT2D eigenvalue weighted by Crippen LogP contribution is 2.25. The van der Waals surface area contributed by atoms with Crippen LogP contribution in [0.4, 0.5) is 0 Å². The fourth-order valence-corrected chi connectivity index (χ4v) is 4.28. The second-order valence-corrected chi connectivity index (χ2v) is 8.59. The lowest BCUT2D eigenvalue weighted by Crippen LogP contribution is -1.92. The van der Waals surface area contributed by atoms with Crippen molar-refractivity contribution in [2.45, 2.75) is 71.6 Å². The van der Waals surface area contributed by atoms with Crippen LogP contribution < -0.4 is 0 Å². The van der Waals surface area contributed by atoms with Crippen molar-refractivity contribution in [2.24, 2.45) is 0 Å². The zero-order chi connectivity index (χ0) is 19.6. The van der Waals surface area contributed by atoms with E-state index in [2.05, 4.69) is 72.6 Å². The highest BCUT2D eigenvalue weighted by atomic mass is 32.1. The van der Waals surface area contributed by atoms with Crippen molar-refractivity contribution in [2.75, 3.05) is 0 Å². The highest BCUT2D eigenvalue weighted by molar-refractivity contribution is 7.14. The molecule has 0 fully saturated rings. The van der Waals surface area contributed by atoms with Crippen LogP contribution in [-0.2, 0) is 25.7 Å². The molecule has 0 radical (unpaired) electrons. The number of aryl methyl sites for hydroxylation is 4. The molecule has 3 aromatic rings. The maximum absolute atomic E-state index is 4.41. The van der Waals surface area contributed by atoms with Gasteiger partial charge >= 0.3 is 0 Å². The summed E-state index contributed by atoms with van der Waals surface area (Å²) < 4.78 is 0. The summed E-state index contributed by atoms with van der Waals surface area (Å²) >= 11 is 1.75. The van der Waals surface area contributed by atoms with E-state index in [4.69, 9.17) is 0 Å². The molecule has 0 aliphatic rings. The molecule has 3 rings (SSSR count). The second-order valence-electron chi connectivity index (χ2n) is 7.53. The van der Waals surface area contributed by atoms with Crippen molar-refractivity contribution in [3.05, 3.63) is 70.2 Å². The molecule has 0 N–H and O–H groups in total. The molecule has 2 aromatic carbocycles. The average Bonchev–Trinajstić information content (AvgIpc) is 3.22. The lowest BCUT2D eigenvalue weighted by molar-refractivity contribution is 0.630. The number of unbranched alkanes of at least 4 members (excludes halogenated alkanes) is 4. The number of hydrogen-bond donors (Lipinski definition) is 0. The summed E-state index contributed by atoms with van der Waals surface area (Å²) in [6, 6.07) is 17.9. The van der Waals surface area contributed by atoms with Crippen molar-refractivity contribution < 1.29 is 0 Å². The minimum absolute atomic E-state index is 1.05. The maximum Gasteiger partial charge on any atom is 0.147 e. The van der Waals surface area contributed by atoms with Gasteiger partial charge in [-0.3, -0.25) is 0 Å². The normalized spacial score (nSPS) is 11.1. The van der Waals surface area contributed by atoms with E-state index in [-0.39, 0.29) is 0 Å². The van der Waals surface area contributed by atoms with E-state index in [1.807, 2.05) is 0 Å². The first-order chi connectivity index (χ1) is 13.8. The third-order valence-corrected chi connectivity index (χ3v) is 6.33. The summed E-state index contributed by atoms with van der Waals surface area (Å²) in [5.41, 5.74) is 5.38. The lowest BCUT2D eigenvalue weighted by atomic mass is 10.0. The minimum Gasteiger partial charge on any atom is -0.143 e. The molecule has 1 aromatic heterocycles. The van der Waals surface area contributed by atoms with Crippen molar-refractivity contribution in [1.82, 2.24) is 10.2 Å². The minimum atomic E-state index is 1.05. The van der Waals surface area contributed by atoms with E-state index in [0.717, 1.165) is 30.7 Å². The SMILES string of the molecule is CCCCCCCc1nnc(-c2ccc(CCc3ccc(CC)cc3)cc2)s1. The van der Waals surface area contributed by atoms with Crippen LogP contribution in [0.5, 0.6) is 0 Å². The Labute approximate surface area is 174 Å². The predicted molar refractivity (Wildman–Crippen MR) is 121 cm³/mol. The monoisotopic (exact) mass is 392 g/mol. The van der Waals surface area contributed by atoms with E-state index >= 15 is 0 Å². The van der Waals surface area contributed by atoms with Crippen LogP contribution in [0.3, 0.4) is 0 Å². The molecule has 0 saturated heterocycles. The molecule has 3 heteroatoms. The third-order valence-electron chi connectivity index (χ3n) is 5.30. The Kier molecular flexibility index (Phi) is 8.23. The number of rotatable bonds is 11. The summed E-state index contributed by atoms with van der Waals surface area (Å²) in [7, 11) is 0. The fourth-order valence-electron chi connectivity index (χ4n) is 3.40. The molecule has 1 heterocycles. The van der Waals surface area contributed by atoms with Gasteiger partial charge in [0.05, 0.1) is 0 Å². The fraction of sp³-hybridized carbons (Fsp3) is 0.440. The first kappa shape index (κ1) is 20.7. The quantitative estimate of drug-likeness (QED) is 0.326. The van der Waals surface area contributed by atoms with Gasteiger partial charge in [0.15, 0.2) is 0 Å². The second kappa shape index (κ2) is 11.1. The van der Waals surface area contributed by atoms with E-state index < -0.39 is 0 Å². The Morgan fingerprint density at radius 3 is 1.89 bits per heavy atom. The van der Waals surface area contributed by atoms with Gasteiger partial charge in [0.2, 0.25) is 0 Å². The maximum atomic E-state index is 4.41. The number of aromatic nitrogens is 2. The summed E-state index contributed by atoms with van der Waals surface area (Å²) in [6.45, 7) is 4.46. The van der Waals surface area contributed by atoms with Gasteiger partial charge < -0.3 is 0 Å². The van der Waals surface area contributed by atoms with Crippen molar-refractivity contribution >= 4 is 11.3 Å². The van der Waals surface area contributed by atoms with Gasteiger partial charge in [0.1, 0.15) is 10.0 Å². The van der Waals surface area contributed by atoms with Crippen LogP contribution in [-0.4, -0.2) is 10.2 Å². The molecule has 2 nitrogen and oxygen atoms in total. The first-order valence-corrected chi connectivity index (χ1v) is 11.6. The molecular formula is C25H32N2S. The molecule has 0 unspecified atom stereocenters. The zero-order valence-corrected chi connectivity index (χ0v) is 18.1. The molecule has 0 aliphatic carbocycles. The van der Waals surface area contributed by atoms with Gasteiger partial charge in [-0.2, -0.15) is 0 Å². The molecule has 0 spiro atoms. The predicted octanol–water partition coefficient (Wildman–Crippen LogP) is 7.07. The summed E-state index contributed by atoms with van der Waals surface area (Å²) in [6.07, 6.45) is 10.8. The lowest BCUT2D eigenvalue weighted by Gasteiger charge is -2.04. The molecule has 0 bridgehead atoms. The Bertz CT molecular complexity index is 819. The smallest absolute Gasteiger partial charge is 0.143 e. The Morgan fingerprint density at radius 1 is 0.643 bits per heavy atom. The van der Waals surface area contributed by atoms with Gasteiger partial charge in [-0.1, -0.05) is 99.4 Å². The number of nitrogens with zero attached hydrogens (tertiary/aromatic N) is 2. The standard InChI is InChI=1S/C25H32N2S/c1-3-5-6-7-8-9-24-26-27-25(28-24)23-18-16-22(17-19-23)15-14-21-12-10-20(4-2)11-13-21/h10-13,16-19H,3-9,14-15H2,1-2H3. The van der Waals surface area contributed by atoms with Crippen LogP contribution in [0, 0.1) is 0 Å². The van der Waals surface area contributed by atoms with Crippen molar-refractivity contribution in [3.8, 4) is 10.6 Å². The van der Waals surface area contributed by atoms with Gasteiger partial charge in [-0.25, -0.2) is 0 Å². The van der Waals surface area contributed by atoms with Crippen molar-refractivity contribution in [1.29, 1.82) is 0 Å². The summed E-state index contributed by atoms with van der Waals surface area (Å²) in [4.78, 5) is 0. The number of hydrogen-bond acceptors (Lipinski definition) is 3. The first-order valence-electron chi connectivity index (χ1n) is 10.8. The third kappa shape index (κ3) is 6.27. The molecule has 0 aliphatic heterocycles. The van der Waals surface area contributed by atoms with Crippen LogP contribution in [0.15, 0.2) is 48.5 Å². The zero-order valence-electron chi connectivity index (χ0n) is 17.3. The highest BCUT2D eigenvalue weighted by Gasteiger charge is 2.07. The molecule has 0 amide bonds. The molecule has 0 atom stereocenters. The molecular weight excluding hydrogens is 360 g/mol. The number of benzene rings is 2. The topological polar surface area (TPSA) is 25.8 Å². The molecule has 0 saturated carbocycles. The van der Waals surface area contributed by atoms with Crippen LogP contribution in [0.25, 0.3) is 10.6 Å². The van der Waals surface area contributed by atoms with E-state index in [1.165, 1.54) is 59.4 Å². The van der Waals surface area contributed by atoms with Gasteiger partial charge in [0, 0.05) is 12.0 Å². The Morgan fingerprint density at radius 2 is 1.25 bits per heavy atom. The summed E-state index contributed by atoms with van der Waals surface area (Å²) in [5, 5.41) is 11.0. The van der Waals surface area contributed by atoms with Crippen LogP contribution in [0.1, 0.15) is 67.6 Å². The van der Waals surface area contributed by atoms with E-state index in [1.54, 1.807) is 11.3 Å². The Hall–Kier alpha value is -2.00. The molecule has 28 heavy (non-hydrogen) atoms.